The van der Waals surface area contributed by atoms with Crippen molar-refractivity contribution in [1.82, 2.24) is 14.9 Å². The predicted octanol–water partition coefficient (Wildman–Crippen LogP) is 3.47. The minimum absolute atomic E-state index is 0.0276. The fourth-order valence-electron chi connectivity index (χ4n) is 5.24. The molecule has 2 saturated heterocycles. The molecule has 0 unspecified atom stereocenters. The summed E-state index contributed by atoms with van der Waals surface area (Å²) in [5, 5.41) is 2.81. The quantitative estimate of drug-likeness (QED) is 0.619. The lowest BCUT2D eigenvalue weighted by atomic mass is 9.71. The number of thiazole rings is 1. The number of amides is 1. The molecule has 0 N–H and O–H groups in total. The van der Waals surface area contributed by atoms with E-state index in [9.17, 15) is 9.59 Å². The van der Waals surface area contributed by atoms with E-state index in [0.29, 0.717) is 18.4 Å². The standard InChI is InChI=1S/C22H21N3O3S/c1-28-21(27)22(10-14-12-29-13-24-14)11-15-6-7-19(22)25(15)20(26)17-8-9-23-18-5-3-2-4-16(17)18/h2-5,8-9,12-13,15,19H,6-7,10-11H2,1H3/t15-,19+,22+/m1/s1. The van der Waals surface area contributed by atoms with Crippen molar-refractivity contribution in [2.45, 2.75) is 37.8 Å². The largest absolute Gasteiger partial charge is 0.469 e. The van der Waals surface area contributed by atoms with Gasteiger partial charge < -0.3 is 9.64 Å². The van der Waals surface area contributed by atoms with Crippen LogP contribution in [-0.2, 0) is 16.0 Å². The van der Waals surface area contributed by atoms with Crippen LogP contribution in [0, 0.1) is 5.41 Å². The summed E-state index contributed by atoms with van der Waals surface area (Å²) in [6.07, 6.45) is 4.52. The first-order chi connectivity index (χ1) is 14.1. The maximum atomic E-state index is 13.7. The van der Waals surface area contributed by atoms with Crippen molar-refractivity contribution in [1.29, 1.82) is 0 Å². The second-order valence-electron chi connectivity index (χ2n) is 7.84. The molecular weight excluding hydrogens is 386 g/mol. The summed E-state index contributed by atoms with van der Waals surface area (Å²) in [6.45, 7) is 0. The molecular formula is C22H21N3O3S. The summed E-state index contributed by atoms with van der Waals surface area (Å²) >= 11 is 1.52. The second kappa shape index (κ2) is 6.91. The van der Waals surface area contributed by atoms with Crippen LogP contribution in [0.2, 0.25) is 0 Å². The molecule has 3 atom stereocenters. The molecule has 1 aromatic carbocycles. The topological polar surface area (TPSA) is 72.4 Å². The first-order valence-corrected chi connectivity index (χ1v) is 10.7. The van der Waals surface area contributed by atoms with E-state index in [2.05, 4.69) is 9.97 Å². The Balaban J connectivity index is 1.55. The number of aromatic nitrogens is 2. The summed E-state index contributed by atoms with van der Waals surface area (Å²) in [6, 6.07) is 9.31. The smallest absolute Gasteiger partial charge is 0.314 e. The van der Waals surface area contributed by atoms with Gasteiger partial charge in [-0.25, -0.2) is 4.98 Å². The molecule has 7 heteroatoms. The van der Waals surface area contributed by atoms with Crippen LogP contribution in [0.25, 0.3) is 10.9 Å². The molecule has 29 heavy (non-hydrogen) atoms. The van der Waals surface area contributed by atoms with Crippen molar-refractivity contribution in [3.05, 3.63) is 58.7 Å². The molecule has 2 fully saturated rings. The van der Waals surface area contributed by atoms with E-state index in [-0.39, 0.29) is 24.0 Å². The van der Waals surface area contributed by atoms with Gasteiger partial charge in [-0.1, -0.05) is 18.2 Å². The molecule has 0 aliphatic carbocycles. The van der Waals surface area contributed by atoms with Crippen molar-refractivity contribution in [2.24, 2.45) is 5.41 Å². The Kier molecular flexibility index (Phi) is 4.35. The number of hydrogen-bond donors (Lipinski definition) is 0. The third-order valence-electron chi connectivity index (χ3n) is 6.43. The third-order valence-corrected chi connectivity index (χ3v) is 7.06. The van der Waals surface area contributed by atoms with Crippen LogP contribution in [0.3, 0.4) is 0 Å². The van der Waals surface area contributed by atoms with E-state index in [0.717, 1.165) is 29.4 Å². The highest BCUT2D eigenvalue weighted by molar-refractivity contribution is 7.07. The monoisotopic (exact) mass is 407 g/mol. The lowest BCUT2D eigenvalue weighted by Crippen LogP contribution is -2.47. The van der Waals surface area contributed by atoms with Gasteiger partial charge in [0.1, 0.15) is 0 Å². The zero-order chi connectivity index (χ0) is 20.0. The van der Waals surface area contributed by atoms with Crippen molar-refractivity contribution < 1.29 is 14.3 Å². The first-order valence-electron chi connectivity index (χ1n) is 9.76. The number of fused-ring (bicyclic) bond motifs is 3. The van der Waals surface area contributed by atoms with Gasteiger partial charge >= 0.3 is 5.97 Å². The molecule has 0 saturated carbocycles. The van der Waals surface area contributed by atoms with Crippen LogP contribution in [-0.4, -0.2) is 45.9 Å². The number of rotatable bonds is 4. The number of esters is 1. The molecule has 2 aliphatic heterocycles. The maximum absolute atomic E-state index is 13.7. The Labute approximate surface area is 172 Å². The predicted molar refractivity (Wildman–Crippen MR) is 110 cm³/mol. The molecule has 6 nitrogen and oxygen atoms in total. The zero-order valence-electron chi connectivity index (χ0n) is 16.1. The molecule has 3 aromatic rings. The minimum atomic E-state index is -0.732. The van der Waals surface area contributed by atoms with Gasteiger partial charge in [0.25, 0.3) is 5.91 Å². The van der Waals surface area contributed by atoms with E-state index in [1.165, 1.54) is 18.4 Å². The number of benzene rings is 1. The van der Waals surface area contributed by atoms with Gasteiger partial charge in [0.15, 0.2) is 0 Å². The summed E-state index contributed by atoms with van der Waals surface area (Å²) < 4.78 is 5.23. The molecule has 0 radical (unpaired) electrons. The Hall–Kier alpha value is -2.80. The zero-order valence-corrected chi connectivity index (χ0v) is 16.9. The molecule has 2 aliphatic rings. The van der Waals surface area contributed by atoms with Crippen molar-refractivity contribution in [3.63, 3.8) is 0 Å². The highest BCUT2D eigenvalue weighted by Gasteiger charge is 2.62. The molecule has 2 aromatic heterocycles. The Morgan fingerprint density at radius 3 is 2.90 bits per heavy atom. The summed E-state index contributed by atoms with van der Waals surface area (Å²) in [5.41, 5.74) is 3.37. The van der Waals surface area contributed by atoms with Crippen molar-refractivity contribution in [3.8, 4) is 0 Å². The van der Waals surface area contributed by atoms with E-state index in [4.69, 9.17) is 4.74 Å². The summed E-state index contributed by atoms with van der Waals surface area (Å²) in [4.78, 5) is 37.3. The number of pyridine rings is 1. The highest BCUT2D eigenvalue weighted by Crippen LogP contribution is 2.52. The molecule has 1 amide bonds. The number of carbonyl (C=O) groups excluding carboxylic acids is 2. The maximum Gasteiger partial charge on any atom is 0.314 e. The van der Waals surface area contributed by atoms with Gasteiger partial charge in [-0.05, 0) is 31.4 Å². The van der Waals surface area contributed by atoms with Crippen molar-refractivity contribution in [2.75, 3.05) is 7.11 Å². The Morgan fingerprint density at radius 1 is 1.24 bits per heavy atom. The number of hydrogen-bond acceptors (Lipinski definition) is 6. The van der Waals surface area contributed by atoms with Gasteiger partial charge in [0.05, 0.1) is 34.8 Å². The van der Waals surface area contributed by atoms with Crippen LogP contribution in [0.4, 0.5) is 0 Å². The van der Waals surface area contributed by atoms with E-state index < -0.39 is 5.41 Å². The van der Waals surface area contributed by atoms with Crippen LogP contribution in [0.5, 0.6) is 0 Å². The number of carbonyl (C=O) groups is 2. The molecule has 0 spiro atoms. The molecule has 148 valence electrons. The van der Waals surface area contributed by atoms with E-state index >= 15 is 0 Å². The first kappa shape index (κ1) is 18.2. The van der Waals surface area contributed by atoms with Gasteiger partial charge in [0.2, 0.25) is 0 Å². The average Bonchev–Trinajstić information content (AvgIpc) is 3.48. The number of ether oxygens (including phenoxy) is 1. The van der Waals surface area contributed by atoms with Crippen LogP contribution in [0.1, 0.15) is 35.3 Å². The summed E-state index contributed by atoms with van der Waals surface area (Å²) in [5.74, 6) is -0.268. The second-order valence-corrected chi connectivity index (χ2v) is 8.56. The van der Waals surface area contributed by atoms with E-state index in [1.807, 2.05) is 34.5 Å². The lowest BCUT2D eigenvalue weighted by Gasteiger charge is -2.34. The normalized spacial score (nSPS) is 25.5. The number of nitrogens with zero attached hydrogens (tertiary/aromatic N) is 3. The Morgan fingerprint density at radius 2 is 2.10 bits per heavy atom. The molecule has 2 bridgehead atoms. The van der Waals surface area contributed by atoms with Gasteiger partial charge in [-0.15, -0.1) is 11.3 Å². The van der Waals surface area contributed by atoms with Crippen molar-refractivity contribution >= 4 is 34.1 Å². The average molecular weight is 407 g/mol. The van der Waals surface area contributed by atoms with Gasteiger partial charge in [-0.2, -0.15) is 0 Å². The minimum Gasteiger partial charge on any atom is -0.469 e. The van der Waals surface area contributed by atoms with Crippen LogP contribution >= 0.6 is 11.3 Å². The van der Waals surface area contributed by atoms with E-state index in [1.54, 1.807) is 17.8 Å². The SMILES string of the molecule is COC(=O)[C@@]1(Cc2cscn2)C[C@H]2CC[C@@H]1N2C(=O)c1ccnc2ccccc12. The Bertz CT molecular complexity index is 1080. The summed E-state index contributed by atoms with van der Waals surface area (Å²) in [7, 11) is 1.43. The van der Waals surface area contributed by atoms with Gasteiger partial charge in [0, 0.05) is 35.5 Å². The molecule has 5 rings (SSSR count). The van der Waals surface area contributed by atoms with Crippen LogP contribution < -0.4 is 0 Å². The number of para-hydroxylation sites is 1. The van der Waals surface area contributed by atoms with Gasteiger partial charge in [-0.3, -0.25) is 14.6 Å². The third kappa shape index (κ3) is 2.75. The fraction of sp³-hybridized carbons (Fsp3) is 0.364. The highest BCUT2D eigenvalue weighted by atomic mass is 32.1. The van der Waals surface area contributed by atoms with Crippen LogP contribution in [0.15, 0.2) is 47.4 Å². The fourth-order valence-corrected chi connectivity index (χ4v) is 5.80. The molecule has 4 heterocycles. The lowest BCUT2D eigenvalue weighted by molar-refractivity contribution is -0.154. The number of methoxy groups -OCH3 is 1.